The highest BCUT2D eigenvalue weighted by molar-refractivity contribution is 5.90. The molecule has 0 unspecified atom stereocenters. The van der Waals surface area contributed by atoms with E-state index in [0.29, 0.717) is 0 Å². The average molecular weight is 239 g/mol. The summed E-state index contributed by atoms with van der Waals surface area (Å²) in [6.07, 6.45) is 2.72. The van der Waals surface area contributed by atoms with E-state index in [1.807, 2.05) is 0 Å². The second kappa shape index (κ2) is 5.73. The molecule has 1 rings (SSSR count). The van der Waals surface area contributed by atoms with Crippen molar-refractivity contribution in [1.29, 1.82) is 0 Å². The molecule has 1 atom stereocenters. The minimum Gasteiger partial charge on any atom is -0.480 e. The van der Waals surface area contributed by atoms with Crippen molar-refractivity contribution < 1.29 is 14.7 Å². The summed E-state index contributed by atoms with van der Waals surface area (Å²) in [6, 6.07) is -1.65. The maximum absolute atomic E-state index is 11.4. The summed E-state index contributed by atoms with van der Waals surface area (Å²) in [6.45, 7) is 3.39. The topological polar surface area (TPSA) is 117 Å². The third-order valence-corrected chi connectivity index (χ3v) is 1.93. The molecule has 8 nitrogen and oxygen atoms in total. The van der Waals surface area contributed by atoms with Gasteiger partial charge in [0.2, 0.25) is 0 Å². The number of rotatable bonds is 4. The molecule has 0 bridgehead atoms. The number of hydrogen-bond donors (Lipinski definition) is 3. The summed E-state index contributed by atoms with van der Waals surface area (Å²) in [5.74, 6) is -1.31. The SMILES string of the molecule is CC(C)[C@H](NC(=O)Nc1nccnn1)C(=O)O. The van der Waals surface area contributed by atoms with E-state index in [9.17, 15) is 9.59 Å². The molecule has 1 heterocycles. The van der Waals surface area contributed by atoms with Crippen LogP contribution in [0.15, 0.2) is 12.4 Å². The molecule has 0 saturated heterocycles. The second-order valence-corrected chi connectivity index (χ2v) is 3.62. The van der Waals surface area contributed by atoms with Crippen molar-refractivity contribution in [3.63, 3.8) is 0 Å². The number of hydrogen-bond acceptors (Lipinski definition) is 5. The van der Waals surface area contributed by atoms with E-state index in [2.05, 4.69) is 25.8 Å². The first kappa shape index (κ1) is 12.8. The first-order valence-corrected chi connectivity index (χ1v) is 4.94. The standard InChI is InChI=1S/C9H13N5O3/c1-5(2)6(7(15)16)12-9(17)13-8-10-3-4-11-14-8/h3-6H,1-2H3,(H,15,16)(H2,10,12,13,14,17)/t6-/m0/s1. The van der Waals surface area contributed by atoms with Crippen molar-refractivity contribution in [3.05, 3.63) is 12.4 Å². The lowest BCUT2D eigenvalue weighted by Gasteiger charge is -2.17. The van der Waals surface area contributed by atoms with Crippen LogP contribution in [0, 0.1) is 5.92 Å². The van der Waals surface area contributed by atoms with Crippen molar-refractivity contribution >= 4 is 17.9 Å². The van der Waals surface area contributed by atoms with E-state index in [4.69, 9.17) is 5.11 Å². The minimum absolute atomic E-state index is 0.0119. The number of carboxylic acids is 1. The van der Waals surface area contributed by atoms with Crippen molar-refractivity contribution in [2.75, 3.05) is 5.32 Å². The van der Waals surface area contributed by atoms with E-state index >= 15 is 0 Å². The smallest absolute Gasteiger partial charge is 0.326 e. The van der Waals surface area contributed by atoms with Crippen LogP contribution < -0.4 is 10.6 Å². The first-order chi connectivity index (χ1) is 8.00. The molecule has 1 aromatic heterocycles. The molecule has 0 aliphatic carbocycles. The lowest BCUT2D eigenvalue weighted by Crippen LogP contribution is -2.46. The molecule has 3 N–H and O–H groups in total. The fraction of sp³-hybridized carbons (Fsp3) is 0.444. The zero-order valence-corrected chi connectivity index (χ0v) is 9.41. The van der Waals surface area contributed by atoms with Crippen molar-refractivity contribution in [1.82, 2.24) is 20.5 Å². The number of aromatic nitrogens is 3. The maximum atomic E-state index is 11.4. The van der Waals surface area contributed by atoms with E-state index < -0.39 is 18.0 Å². The van der Waals surface area contributed by atoms with Gasteiger partial charge >= 0.3 is 12.0 Å². The van der Waals surface area contributed by atoms with E-state index in [0.717, 1.165) is 0 Å². The zero-order valence-electron chi connectivity index (χ0n) is 9.41. The van der Waals surface area contributed by atoms with Crippen LogP contribution in [0.3, 0.4) is 0 Å². The molecule has 0 aliphatic heterocycles. The zero-order chi connectivity index (χ0) is 12.8. The van der Waals surface area contributed by atoms with Gasteiger partial charge in [0.05, 0.1) is 12.4 Å². The Hall–Kier alpha value is -2.25. The Kier molecular flexibility index (Phi) is 4.32. The quantitative estimate of drug-likeness (QED) is 0.686. The fourth-order valence-electron chi connectivity index (χ4n) is 1.10. The first-order valence-electron chi connectivity index (χ1n) is 4.94. The lowest BCUT2D eigenvalue weighted by molar-refractivity contribution is -0.140. The Morgan fingerprint density at radius 1 is 1.35 bits per heavy atom. The second-order valence-electron chi connectivity index (χ2n) is 3.62. The van der Waals surface area contributed by atoms with E-state index in [-0.39, 0.29) is 11.9 Å². The summed E-state index contributed by atoms with van der Waals surface area (Å²) < 4.78 is 0. The highest BCUT2D eigenvalue weighted by Gasteiger charge is 2.23. The molecule has 92 valence electrons. The van der Waals surface area contributed by atoms with Crippen LogP contribution in [-0.2, 0) is 4.79 Å². The Morgan fingerprint density at radius 3 is 2.53 bits per heavy atom. The largest absolute Gasteiger partial charge is 0.480 e. The summed E-state index contributed by atoms with van der Waals surface area (Å²) >= 11 is 0. The van der Waals surface area contributed by atoms with Gasteiger partial charge in [-0.2, -0.15) is 5.10 Å². The third kappa shape index (κ3) is 4.01. The van der Waals surface area contributed by atoms with Crippen LogP contribution in [0.4, 0.5) is 10.7 Å². The highest BCUT2D eigenvalue weighted by atomic mass is 16.4. The van der Waals surface area contributed by atoms with Crippen molar-refractivity contribution in [2.45, 2.75) is 19.9 Å². The number of anilines is 1. The van der Waals surface area contributed by atoms with Gasteiger partial charge in [0.25, 0.3) is 5.95 Å². The van der Waals surface area contributed by atoms with Gasteiger partial charge in [-0.3, -0.25) is 5.32 Å². The van der Waals surface area contributed by atoms with Gasteiger partial charge in [-0.15, -0.1) is 5.10 Å². The molecule has 1 aromatic rings. The lowest BCUT2D eigenvalue weighted by atomic mass is 10.1. The van der Waals surface area contributed by atoms with Gasteiger partial charge in [-0.05, 0) is 5.92 Å². The number of carbonyl (C=O) groups excluding carboxylic acids is 1. The minimum atomic E-state index is -1.10. The molecule has 0 spiro atoms. The average Bonchev–Trinajstić information content (AvgIpc) is 2.26. The van der Waals surface area contributed by atoms with Gasteiger partial charge < -0.3 is 10.4 Å². The number of urea groups is 1. The Labute approximate surface area is 97.5 Å². The number of nitrogens with zero attached hydrogens (tertiary/aromatic N) is 3. The van der Waals surface area contributed by atoms with E-state index in [1.165, 1.54) is 12.4 Å². The van der Waals surface area contributed by atoms with Crippen LogP contribution in [0.2, 0.25) is 0 Å². The molecule has 0 saturated carbocycles. The molecule has 8 heteroatoms. The predicted molar refractivity (Wildman–Crippen MR) is 58.2 cm³/mol. The molecule has 0 fully saturated rings. The molecule has 0 radical (unpaired) electrons. The van der Waals surface area contributed by atoms with Crippen LogP contribution in [0.5, 0.6) is 0 Å². The molecule has 0 aromatic carbocycles. The Balaban J connectivity index is 2.57. The number of carbonyl (C=O) groups is 2. The van der Waals surface area contributed by atoms with Gasteiger partial charge in [0, 0.05) is 0 Å². The molecular formula is C9H13N5O3. The number of amides is 2. The summed E-state index contributed by atoms with van der Waals surface area (Å²) in [7, 11) is 0. The number of nitrogens with one attached hydrogen (secondary N) is 2. The Morgan fingerprint density at radius 2 is 2.06 bits per heavy atom. The van der Waals surface area contributed by atoms with Crippen LogP contribution in [-0.4, -0.2) is 38.3 Å². The van der Waals surface area contributed by atoms with Crippen molar-refractivity contribution in [2.24, 2.45) is 5.92 Å². The molecule has 2 amide bonds. The number of aliphatic carboxylic acids is 1. The summed E-state index contributed by atoms with van der Waals surface area (Å²) in [5, 5.41) is 20.5. The van der Waals surface area contributed by atoms with Gasteiger partial charge in [0.1, 0.15) is 6.04 Å². The number of carboxylic acid groups (broad SMARTS) is 1. The molecular weight excluding hydrogens is 226 g/mol. The van der Waals surface area contributed by atoms with E-state index in [1.54, 1.807) is 13.8 Å². The van der Waals surface area contributed by atoms with Gasteiger partial charge in [-0.1, -0.05) is 13.8 Å². The van der Waals surface area contributed by atoms with Crippen LogP contribution in [0.25, 0.3) is 0 Å². The van der Waals surface area contributed by atoms with Gasteiger partial charge in [0.15, 0.2) is 0 Å². The Bertz CT molecular complexity index is 395. The summed E-state index contributed by atoms with van der Waals surface area (Å²) in [4.78, 5) is 26.0. The fourth-order valence-corrected chi connectivity index (χ4v) is 1.10. The monoisotopic (exact) mass is 239 g/mol. The highest BCUT2D eigenvalue weighted by Crippen LogP contribution is 2.02. The van der Waals surface area contributed by atoms with Crippen molar-refractivity contribution in [3.8, 4) is 0 Å². The van der Waals surface area contributed by atoms with Gasteiger partial charge in [-0.25, -0.2) is 14.6 Å². The van der Waals surface area contributed by atoms with Crippen LogP contribution in [0.1, 0.15) is 13.8 Å². The normalized spacial score (nSPS) is 11.9. The maximum Gasteiger partial charge on any atom is 0.326 e. The molecule has 0 aliphatic rings. The van der Waals surface area contributed by atoms with Crippen LogP contribution >= 0.6 is 0 Å². The molecule has 17 heavy (non-hydrogen) atoms. The summed E-state index contributed by atoms with van der Waals surface area (Å²) in [5.41, 5.74) is 0. The third-order valence-electron chi connectivity index (χ3n) is 1.93. The predicted octanol–water partition coefficient (Wildman–Crippen LogP) is 0.102.